The number of aromatic nitrogens is 2. The van der Waals surface area contributed by atoms with Gasteiger partial charge in [0.05, 0.1) is 18.3 Å². The monoisotopic (exact) mass is 433 g/mol. The van der Waals surface area contributed by atoms with Crippen LogP contribution in [0.3, 0.4) is 0 Å². The smallest absolute Gasteiger partial charge is 0.271 e. The molecule has 8 heteroatoms. The van der Waals surface area contributed by atoms with Crippen molar-refractivity contribution >= 4 is 28.4 Å². The van der Waals surface area contributed by atoms with E-state index in [9.17, 15) is 9.59 Å². The first-order valence-electron chi connectivity index (χ1n) is 10.6. The summed E-state index contributed by atoms with van der Waals surface area (Å²) in [4.78, 5) is 28.1. The van der Waals surface area contributed by atoms with Crippen molar-refractivity contribution in [1.29, 1.82) is 0 Å². The van der Waals surface area contributed by atoms with Crippen LogP contribution in [0, 0.1) is 0 Å². The summed E-state index contributed by atoms with van der Waals surface area (Å²) in [6.45, 7) is 2.81. The summed E-state index contributed by atoms with van der Waals surface area (Å²) in [7, 11) is 5.00. The first-order chi connectivity index (χ1) is 15.3. The Bertz CT molecular complexity index is 1200. The lowest BCUT2D eigenvalue weighted by Crippen LogP contribution is -2.29. The second-order valence-electron chi connectivity index (χ2n) is 8.13. The van der Waals surface area contributed by atoms with Gasteiger partial charge in [0, 0.05) is 43.2 Å². The molecule has 1 fully saturated rings. The first kappa shape index (κ1) is 21.5. The van der Waals surface area contributed by atoms with Gasteiger partial charge < -0.3 is 20.3 Å². The molecule has 1 saturated carbocycles. The van der Waals surface area contributed by atoms with Gasteiger partial charge in [-0.15, -0.1) is 10.2 Å². The SMILES string of the molecule is CCN(c1c(C(N)=O)nnc2cc(-c3ccc(C(=O)N(C)C)cc3OC)ccc12)C1CC1. The molecule has 0 saturated heterocycles. The molecule has 2 N–H and O–H groups in total. The molecule has 4 rings (SSSR count). The van der Waals surface area contributed by atoms with Gasteiger partial charge in [-0.1, -0.05) is 6.07 Å². The van der Waals surface area contributed by atoms with Crippen molar-refractivity contribution in [3.05, 3.63) is 47.7 Å². The summed E-state index contributed by atoms with van der Waals surface area (Å²) < 4.78 is 5.58. The predicted octanol–water partition coefficient (Wildman–Crippen LogP) is 3.09. The lowest BCUT2D eigenvalue weighted by molar-refractivity contribution is 0.0827. The van der Waals surface area contributed by atoms with Gasteiger partial charge in [-0.2, -0.15) is 0 Å². The van der Waals surface area contributed by atoms with E-state index in [0.29, 0.717) is 22.9 Å². The zero-order valence-electron chi connectivity index (χ0n) is 18.8. The molecule has 32 heavy (non-hydrogen) atoms. The normalized spacial score (nSPS) is 13.1. The maximum atomic E-state index is 12.3. The van der Waals surface area contributed by atoms with E-state index in [1.54, 1.807) is 33.3 Å². The van der Waals surface area contributed by atoms with Crippen LogP contribution in [0.4, 0.5) is 5.69 Å². The number of nitrogens with two attached hydrogens (primary N) is 1. The van der Waals surface area contributed by atoms with Crippen LogP contribution in [-0.2, 0) is 0 Å². The number of ether oxygens (including phenoxy) is 1. The molecule has 0 spiro atoms. The Morgan fingerprint density at radius 1 is 1.12 bits per heavy atom. The van der Waals surface area contributed by atoms with Crippen molar-refractivity contribution in [3.8, 4) is 16.9 Å². The van der Waals surface area contributed by atoms with E-state index in [2.05, 4.69) is 22.0 Å². The molecule has 1 aliphatic rings. The van der Waals surface area contributed by atoms with Crippen LogP contribution in [0.1, 0.15) is 40.6 Å². The summed E-state index contributed by atoms with van der Waals surface area (Å²) in [6.07, 6.45) is 2.17. The largest absolute Gasteiger partial charge is 0.496 e. The third-order valence-electron chi connectivity index (χ3n) is 5.75. The number of amides is 2. The highest BCUT2D eigenvalue weighted by Gasteiger charge is 2.32. The fourth-order valence-electron chi connectivity index (χ4n) is 4.02. The standard InChI is InChI=1S/C24H27N5O3/c1-5-29(16-8-9-16)22-18-11-6-14(12-19(18)26-27-21(22)23(25)30)17-10-7-15(13-20(17)32-4)24(31)28(2)3/h6-7,10-13,16H,5,8-9H2,1-4H3,(H2,25,30). The zero-order chi connectivity index (χ0) is 23.0. The second-order valence-corrected chi connectivity index (χ2v) is 8.13. The minimum atomic E-state index is -0.583. The average Bonchev–Trinajstić information content (AvgIpc) is 3.63. The number of fused-ring (bicyclic) bond motifs is 1. The van der Waals surface area contributed by atoms with Crippen molar-refractivity contribution in [2.75, 3.05) is 32.6 Å². The summed E-state index contributed by atoms with van der Waals surface area (Å²) in [5.74, 6) is -0.0878. The van der Waals surface area contributed by atoms with Gasteiger partial charge in [-0.25, -0.2) is 0 Å². The Labute approximate surface area is 187 Å². The van der Waals surface area contributed by atoms with Gasteiger partial charge >= 0.3 is 0 Å². The molecule has 3 aromatic rings. The predicted molar refractivity (Wildman–Crippen MR) is 124 cm³/mol. The topological polar surface area (TPSA) is 102 Å². The number of rotatable bonds is 7. The zero-order valence-corrected chi connectivity index (χ0v) is 18.8. The van der Waals surface area contributed by atoms with E-state index in [4.69, 9.17) is 10.5 Å². The van der Waals surface area contributed by atoms with Crippen LogP contribution in [0.15, 0.2) is 36.4 Å². The number of primary amides is 1. The molecule has 1 aliphatic carbocycles. The highest BCUT2D eigenvalue weighted by Crippen LogP contribution is 2.39. The molecular formula is C24H27N5O3. The molecule has 0 atom stereocenters. The molecule has 2 aromatic carbocycles. The van der Waals surface area contributed by atoms with Crippen molar-refractivity contribution in [1.82, 2.24) is 15.1 Å². The summed E-state index contributed by atoms with van der Waals surface area (Å²) in [5, 5.41) is 9.30. The van der Waals surface area contributed by atoms with Crippen molar-refractivity contribution in [2.24, 2.45) is 5.73 Å². The van der Waals surface area contributed by atoms with Crippen molar-refractivity contribution < 1.29 is 14.3 Å². The van der Waals surface area contributed by atoms with Crippen molar-refractivity contribution in [3.63, 3.8) is 0 Å². The summed E-state index contributed by atoms with van der Waals surface area (Å²) in [6, 6.07) is 11.6. The van der Waals surface area contributed by atoms with E-state index in [1.165, 1.54) is 4.90 Å². The Morgan fingerprint density at radius 2 is 1.88 bits per heavy atom. The highest BCUT2D eigenvalue weighted by atomic mass is 16.5. The molecule has 0 bridgehead atoms. The Hall–Kier alpha value is -3.68. The molecule has 0 unspecified atom stereocenters. The van der Waals surface area contributed by atoms with E-state index in [-0.39, 0.29) is 11.6 Å². The molecule has 8 nitrogen and oxygen atoms in total. The number of hydrogen-bond acceptors (Lipinski definition) is 6. The van der Waals surface area contributed by atoms with E-state index < -0.39 is 5.91 Å². The average molecular weight is 434 g/mol. The molecular weight excluding hydrogens is 406 g/mol. The van der Waals surface area contributed by atoms with Gasteiger partial charge in [-0.3, -0.25) is 9.59 Å². The van der Waals surface area contributed by atoms with Gasteiger partial charge in [0.15, 0.2) is 5.69 Å². The fraction of sp³-hybridized carbons (Fsp3) is 0.333. The number of benzene rings is 2. The summed E-state index contributed by atoms with van der Waals surface area (Å²) >= 11 is 0. The Morgan fingerprint density at radius 3 is 2.47 bits per heavy atom. The fourth-order valence-corrected chi connectivity index (χ4v) is 4.02. The lowest BCUT2D eigenvalue weighted by Gasteiger charge is -2.25. The number of nitrogens with zero attached hydrogens (tertiary/aromatic N) is 4. The summed E-state index contributed by atoms with van der Waals surface area (Å²) in [5.41, 5.74) is 9.49. The number of anilines is 1. The van der Waals surface area contributed by atoms with E-state index >= 15 is 0 Å². The van der Waals surface area contributed by atoms with Crippen molar-refractivity contribution in [2.45, 2.75) is 25.8 Å². The third kappa shape index (κ3) is 3.84. The quantitative estimate of drug-likeness (QED) is 0.614. The first-order valence-corrected chi connectivity index (χ1v) is 10.6. The molecule has 2 amide bonds. The Balaban J connectivity index is 1.84. The van der Waals surface area contributed by atoms with E-state index in [0.717, 1.165) is 41.6 Å². The molecule has 1 heterocycles. The van der Waals surface area contributed by atoms with Gasteiger partial charge in [0.25, 0.3) is 11.8 Å². The molecule has 166 valence electrons. The number of carbonyl (C=O) groups is 2. The second kappa shape index (κ2) is 8.45. The Kier molecular flexibility index (Phi) is 5.69. The van der Waals surface area contributed by atoms with Crippen LogP contribution in [0.2, 0.25) is 0 Å². The van der Waals surface area contributed by atoms with Gasteiger partial charge in [-0.05, 0) is 55.7 Å². The lowest BCUT2D eigenvalue weighted by atomic mass is 9.99. The minimum absolute atomic E-state index is 0.0948. The molecule has 0 aliphatic heterocycles. The van der Waals surface area contributed by atoms with Crippen LogP contribution in [-0.4, -0.2) is 60.7 Å². The third-order valence-corrected chi connectivity index (χ3v) is 5.75. The number of methoxy groups -OCH3 is 1. The van der Waals surface area contributed by atoms with E-state index in [1.807, 2.05) is 24.3 Å². The minimum Gasteiger partial charge on any atom is -0.496 e. The van der Waals surface area contributed by atoms with Crippen LogP contribution in [0.25, 0.3) is 22.0 Å². The van der Waals surface area contributed by atoms with Gasteiger partial charge in [0.2, 0.25) is 0 Å². The maximum Gasteiger partial charge on any atom is 0.271 e. The highest BCUT2D eigenvalue weighted by molar-refractivity contribution is 6.06. The molecule has 0 radical (unpaired) electrons. The van der Waals surface area contributed by atoms with Crippen LogP contribution < -0.4 is 15.4 Å². The molecule has 1 aromatic heterocycles. The van der Waals surface area contributed by atoms with Crippen LogP contribution >= 0.6 is 0 Å². The number of hydrogen-bond donors (Lipinski definition) is 1. The maximum absolute atomic E-state index is 12.3. The van der Waals surface area contributed by atoms with Crippen LogP contribution in [0.5, 0.6) is 5.75 Å². The van der Waals surface area contributed by atoms with Gasteiger partial charge in [0.1, 0.15) is 5.75 Å². The number of carbonyl (C=O) groups excluding carboxylic acids is 2.